The number of fused-ring (bicyclic) bond motifs is 3. The molecule has 0 amide bonds. The SMILES string of the molecule is CC(C)(C)c1cc(C2=CC=CC2)c2[cH-]c3ccccc3c2c1.[Ti+]=[C](c1ccccc1)c1ccccc1. The minimum atomic E-state index is 0.161. The normalized spacial score (nSPS) is 13.0. The second-order valence-electron chi connectivity index (χ2n) is 10.4. The van der Waals surface area contributed by atoms with Crippen LogP contribution in [-0.2, 0) is 25.4 Å². The van der Waals surface area contributed by atoms with E-state index < -0.39 is 0 Å². The van der Waals surface area contributed by atoms with Gasteiger partial charge < -0.3 is 0 Å². The van der Waals surface area contributed by atoms with E-state index in [0.29, 0.717) is 0 Å². The maximum atomic E-state index is 2.40. The maximum absolute atomic E-state index is 2.40. The third kappa shape index (κ3) is 5.17. The predicted octanol–water partition coefficient (Wildman–Crippen LogP) is 9.15. The monoisotopic (exact) mass is 499 g/mol. The number of rotatable bonds is 3. The molecule has 6 rings (SSSR count). The van der Waals surface area contributed by atoms with Gasteiger partial charge in [-0.3, -0.25) is 0 Å². The van der Waals surface area contributed by atoms with Crippen molar-refractivity contribution in [1.82, 2.24) is 0 Å². The van der Waals surface area contributed by atoms with Crippen LogP contribution in [-0.4, -0.2) is 3.81 Å². The van der Waals surface area contributed by atoms with Gasteiger partial charge >= 0.3 is 95.6 Å². The third-order valence-corrected chi connectivity index (χ3v) is 7.74. The molecule has 5 aromatic rings. The van der Waals surface area contributed by atoms with E-state index in [4.69, 9.17) is 0 Å². The van der Waals surface area contributed by atoms with Crippen LogP contribution in [0.5, 0.6) is 0 Å². The molecule has 0 nitrogen and oxygen atoms in total. The van der Waals surface area contributed by atoms with Crippen LogP contribution >= 0.6 is 0 Å². The minimum absolute atomic E-state index is 0.161. The molecule has 175 valence electrons. The topological polar surface area (TPSA) is 0 Å². The first kappa shape index (κ1) is 24.5. The summed E-state index contributed by atoms with van der Waals surface area (Å²) in [6, 6.07) is 36.8. The van der Waals surface area contributed by atoms with Gasteiger partial charge in [-0.15, -0.1) is 33.7 Å². The van der Waals surface area contributed by atoms with Gasteiger partial charge in [0.05, 0.1) is 0 Å². The molecule has 1 aliphatic carbocycles. The number of hydrogen-bond donors (Lipinski definition) is 0. The predicted molar refractivity (Wildman–Crippen MR) is 154 cm³/mol. The molecular weight excluding hydrogens is 468 g/mol. The van der Waals surface area contributed by atoms with Gasteiger partial charge in [-0.25, -0.2) is 0 Å². The van der Waals surface area contributed by atoms with E-state index in [1.807, 2.05) is 12.1 Å². The Kier molecular flexibility index (Phi) is 7.10. The van der Waals surface area contributed by atoms with Crippen LogP contribution in [0.25, 0.3) is 27.1 Å². The Morgan fingerprint density at radius 1 is 0.750 bits per heavy atom. The van der Waals surface area contributed by atoms with E-state index in [9.17, 15) is 0 Å². The van der Waals surface area contributed by atoms with Crippen LogP contribution in [0.2, 0.25) is 0 Å². The van der Waals surface area contributed by atoms with E-state index in [0.717, 1.165) is 6.42 Å². The van der Waals surface area contributed by atoms with Crippen LogP contribution < -0.4 is 0 Å². The van der Waals surface area contributed by atoms with Crippen LogP contribution in [0.3, 0.4) is 0 Å². The van der Waals surface area contributed by atoms with Crippen LogP contribution in [0, 0.1) is 0 Å². The fourth-order valence-electron chi connectivity index (χ4n) is 4.78. The zero-order valence-electron chi connectivity index (χ0n) is 21.3. The molecule has 0 atom stereocenters. The Bertz CT molecular complexity index is 1530. The summed E-state index contributed by atoms with van der Waals surface area (Å²) < 4.78 is 1.33. The summed E-state index contributed by atoms with van der Waals surface area (Å²) in [4.78, 5) is 0. The van der Waals surface area contributed by atoms with Crippen molar-refractivity contribution in [2.75, 3.05) is 0 Å². The van der Waals surface area contributed by atoms with Crippen molar-refractivity contribution in [2.24, 2.45) is 0 Å². The second kappa shape index (κ2) is 10.4. The van der Waals surface area contributed by atoms with Gasteiger partial charge in [-0.05, 0) is 11.8 Å². The molecule has 36 heavy (non-hydrogen) atoms. The Morgan fingerprint density at radius 3 is 1.94 bits per heavy atom. The van der Waals surface area contributed by atoms with Gasteiger partial charge in [-0.1, -0.05) is 86.0 Å². The summed E-state index contributed by atoms with van der Waals surface area (Å²) in [7, 11) is 0. The number of allylic oxidation sites excluding steroid dienone is 4. The summed E-state index contributed by atoms with van der Waals surface area (Å²) in [6.07, 6.45) is 7.73. The Morgan fingerprint density at radius 2 is 1.36 bits per heavy atom. The summed E-state index contributed by atoms with van der Waals surface area (Å²) in [5.41, 5.74) is 7.00. The molecule has 1 aliphatic rings. The van der Waals surface area contributed by atoms with Gasteiger partial charge in [0.25, 0.3) is 0 Å². The Balaban J connectivity index is 0.000000165. The van der Waals surface area contributed by atoms with Crippen molar-refractivity contribution in [3.63, 3.8) is 0 Å². The van der Waals surface area contributed by atoms with Crippen molar-refractivity contribution < 1.29 is 20.0 Å². The second-order valence-corrected chi connectivity index (χ2v) is 11.2. The zero-order chi connectivity index (χ0) is 25.1. The molecule has 0 heterocycles. The third-order valence-electron chi connectivity index (χ3n) is 6.84. The Labute approximate surface area is 226 Å². The van der Waals surface area contributed by atoms with Crippen molar-refractivity contribution in [3.05, 3.63) is 144 Å². The van der Waals surface area contributed by atoms with Gasteiger partial charge in [0.1, 0.15) is 0 Å². The number of hydrogen-bond acceptors (Lipinski definition) is 0. The molecule has 0 spiro atoms. The van der Waals surface area contributed by atoms with Crippen molar-refractivity contribution in [2.45, 2.75) is 32.6 Å². The average molecular weight is 500 g/mol. The molecule has 0 saturated carbocycles. The van der Waals surface area contributed by atoms with Gasteiger partial charge in [-0.2, -0.15) is 0 Å². The van der Waals surface area contributed by atoms with Crippen molar-refractivity contribution >= 4 is 30.9 Å². The summed E-state index contributed by atoms with van der Waals surface area (Å²) in [5, 5.41) is 5.50. The van der Waals surface area contributed by atoms with Crippen molar-refractivity contribution in [1.29, 1.82) is 0 Å². The van der Waals surface area contributed by atoms with Crippen LogP contribution in [0.1, 0.15) is 49.4 Å². The van der Waals surface area contributed by atoms with Crippen LogP contribution in [0.4, 0.5) is 0 Å². The molecule has 0 unspecified atom stereocenters. The van der Waals surface area contributed by atoms with E-state index in [1.165, 1.54) is 53.2 Å². The zero-order valence-corrected chi connectivity index (χ0v) is 22.8. The fraction of sp³-hybridized carbons (Fsp3) is 0.143. The fourth-order valence-corrected chi connectivity index (χ4v) is 5.30. The molecule has 0 radical (unpaired) electrons. The first-order valence-corrected chi connectivity index (χ1v) is 13.4. The molecule has 1 heteroatoms. The molecule has 0 N–H and O–H groups in total. The molecule has 0 bridgehead atoms. The van der Waals surface area contributed by atoms with E-state index in [1.54, 1.807) is 0 Å². The molecule has 0 saturated heterocycles. The van der Waals surface area contributed by atoms with Crippen molar-refractivity contribution in [3.8, 4) is 0 Å². The molecule has 0 aromatic heterocycles. The Hall–Kier alpha value is -3.19. The molecule has 5 aromatic carbocycles. The van der Waals surface area contributed by atoms with Gasteiger partial charge in [0.2, 0.25) is 0 Å². The first-order chi connectivity index (χ1) is 17.4. The molecule has 0 aliphatic heterocycles. The van der Waals surface area contributed by atoms with Gasteiger partial charge in [0.15, 0.2) is 0 Å². The number of benzene rings is 4. The summed E-state index contributed by atoms with van der Waals surface area (Å²) in [6.45, 7) is 6.89. The van der Waals surface area contributed by atoms with E-state index in [-0.39, 0.29) is 5.41 Å². The van der Waals surface area contributed by atoms with E-state index in [2.05, 4.69) is 150 Å². The quantitative estimate of drug-likeness (QED) is 0.172. The van der Waals surface area contributed by atoms with Crippen LogP contribution in [0.15, 0.2) is 121 Å². The summed E-state index contributed by atoms with van der Waals surface area (Å²) >= 11 is 2.16. The first-order valence-electron chi connectivity index (χ1n) is 12.6. The standard InChI is InChI=1S/C22H21.C13H10.Ti/c1-22(2,3)17-13-19(15-8-4-5-9-15)20-12-16-10-6-7-11-18(16)21(20)14-17;1-3-7-12(8-4-1)11-13-9-5-2-6-10-13;/h4-8,10-14H,9H2,1-3H3;1-10H;/q-1;;+1. The molecule has 0 fully saturated rings. The van der Waals surface area contributed by atoms with E-state index >= 15 is 0 Å². The summed E-state index contributed by atoms with van der Waals surface area (Å²) in [5.74, 6) is 0. The van der Waals surface area contributed by atoms with Gasteiger partial charge in [0, 0.05) is 0 Å². The molecular formula is C35H31Ti. The average Bonchev–Trinajstić information content (AvgIpc) is 3.57.